The van der Waals surface area contributed by atoms with E-state index in [-0.39, 0.29) is 0 Å². The van der Waals surface area contributed by atoms with Crippen LogP contribution in [0, 0.1) is 14.9 Å². The normalized spacial score (nSPS) is 9.50. The molecule has 78 valence electrons. The summed E-state index contributed by atoms with van der Waals surface area (Å²) >= 11 is 2.10. The van der Waals surface area contributed by atoms with Gasteiger partial charge >= 0.3 is 0 Å². The highest BCUT2D eigenvalue weighted by molar-refractivity contribution is 14.1. The molecule has 0 atom stereocenters. The maximum Gasteiger partial charge on any atom is 0.235 e. The first-order chi connectivity index (χ1) is 7.79. The summed E-state index contributed by atoms with van der Waals surface area (Å²) in [7, 11) is 0. The summed E-state index contributed by atoms with van der Waals surface area (Å²) in [5.74, 6) is 1.16. The van der Waals surface area contributed by atoms with Crippen molar-refractivity contribution in [1.82, 2.24) is 9.97 Å². The zero-order valence-corrected chi connectivity index (χ0v) is 10.2. The molecule has 0 saturated carbocycles. The van der Waals surface area contributed by atoms with Crippen molar-refractivity contribution in [3.05, 3.63) is 45.9 Å². The average Bonchev–Trinajstić information content (AvgIpc) is 2.33. The van der Waals surface area contributed by atoms with Crippen LogP contribution in [0.25, 0.3) is 0 Å². The summed E-state index contributed by atoms with van der Waals surface area (Å²) in [6, 6.07) is 8.91. The minimum absolute atomic E-state index is 0.514. The van der Waals surface area contributed by atoms with Crippen LogP contribution in [0.4, 0.5) is 0 Å². The number of hydrogen-bond acceptors (Lipinski definition) is 4. The Bertz CT molecular complexity index is 534. The average molecular weight is 323 g/mol. The van der Waals surface area contributed by atoms with Gasteiger partial charge in [0.2, 0.25) is 5.88 Å². The van der Waals surface area contributed by atoms with Crippen LogP contribution < -0.4 is 4.74 Å². The molecule has 5 heteroatoms. The summed E-state index contributed by atoms with van der Waals surface area (Å²) in [4.78, 5) is 7.88. The molecule has 0 aliphatic rings. The highest BCUT2D eigenvalue weighted by Gasteiger charge is 2.03. The van der Waals surface area contributed by atoms with Crippen molar-refractivity contribution >= 4 is 22.6 Å². The van der Waals surface area contributed by atoms with Gasteiger partial charge in [-0.15, -0.1) is 0 Å². The molecule has 0 unspecified atom stereocenters. The lowest BCUT2D eigenvalue weighted by Gasteiger charge is -2.05. The first-order valence-electron chi connectivity index (χ1n) is 4.43. The summed E-state index contributed by atoms with van der Waals surface area (Å²) in [6.07, 6.45) is 3.10. The van der Waals surface area contributed by atoms with Crippen molar-refractivity contribution in [2.24, 2.45) is 0 Å². The molecule has 0 saturated heterocycles. The summed E-state index contributed by atoms with van der Waals surface area (Å²) in [5.41, 5.74) is 0.602. The third-order valence-electron chi connectivity index (χ3n) is 1.83. The van der Waals surface area contributed by atoms with Crippen LogP contribution in [0.1, 0.15) is 5.56 Å². The van der Waals surface area contributed by atoms with Gasteiger partial charge in [-0.1, -0.05) is 0 Å². The van der Waals surface area contributed by atoms with Gasteiger partial charge in [-0.25, -0.2) is 9.97 Å². The van der Waals surface area contributed by atoms with Gasteiger partial charge in [-0.05, 0) is 46.9 Å². The van der Waals surface area contributed by atoms with Crippen LogP contribution in [0.5, 0.6) is 11.6 Å². The second kappa shape index (κ2) is 4.90. The van der Waals surface area contributed by atoms with E-state index in [2.05, 4.69) is 32.6 Å². The van der Waals surface area contributed by atoms with Gasteiger partial charge in [0.15, 0.2) is 0 Å². The van der Waals surface area contributed by atoms with Gasteiger partial charge in [0, 0.05) is 6.20 Å². The third kappa shape index (κ3) is 2.46. The van der Waals surface area contributed by atoms with Gasteiger partial charge in [-0.3, -0.25) is 0 Å². The molecular formula is C11H6IN3O. The van der Waals surface area contributed by atoms with Crippen molar-refractivity contribution in [2.75, 3.05) is 0 Å². The van der Waals surface area contributed by atoms with Crippen LogP contribution in [0.2, 0.25) is 0 Å². The molecule has 0 fully saturated rings. The van der Waals surface area contributed by atoms with E-state index in [0.29, 0.717) is 17.2 Å². The number of nitriles is 1. The summed E-state index contributed by atoms with van der Waals surface area (Å²) in [6.45, 7) is 0. The molecule has 0 amide bonds. The molecular weight excluding hydrogens is 317 g/mol. The second-order valence-electron chi connectivity index (χ2n) is 2.91. The standard InChI is InChI=1S/C11H6IN3O/c12-10-6-14-7-15-11(10)16-9-3-1-8(5-13)2-4-9/h1-4,6-7H. The first kappa shape index (κ1) is 10.8. The highest BCUT2D eigenvalue weighted by atomic mass is 127. The Morgan fingerprint density at radius 1 is 1.25 bits per heavy atom. The number of nitrogens with zero attached hydrogens (tertiary/aromatic N) is 3. The van der Waals surface area contributed by atoms with E-state index in [1.54, 1.807) is 30.5 Å². The maximum absolute atomic E-state index is 8.65. The lowest BCUT2D eigenvalue weighted by atomic mass is 10.2. The molecule has 0 N–H and O–H groups in total. The Morgan fingerprint density at radius 2 is 2.00 bits per heavy atom. The van der Waals surface area contributed by atoms with Crippen molar-refractivity contribution in [2.45, 2.75) is 0 Å². The Kier molecular flexibility index (Phi) is 3.31. The van der Waals surface area contributed by atoms with Crippen LogP contribution in [-0.2, 0) is 0 Å². The van der Waals surface area contributed by atoms with Gasteiger partial charge in [0.25, 0.3) is 0 Å². The van der Waals surface area contributed by atoms with E-state index in [0.717, 1.165) is 3.57 Å². The fourth-order valence-electron chi connectivity index (χ4n) is 1.09. The minimum atomic E-state index is 0.514. The molecule has 0 bridgehead atoms. The van der Waals surface area contributed by atoms with E-state index < -0.39 is 0 Å². The molecule has 0 radical (unpaired) electrons. The van der Waals surface area contributed by atoms with Crippen molar-refractivity contribution in [3.63, 3.8) is 0 Å². The molecule has 0 aliphatic carbocycles. The molecule has 0 spiro atoms. The van der Waals surface area contributed by atoms with Crippen LogP contribution in [-0.4, -0.2) is 9.97 Å². The Balaban J connectivity index is 2.22. The lowest BCUT2D eigenvalue weighted by molar-refractivity contribution is 0.457. The van der Waals surface area contributed by atoms with Gasteiger partial charge in [-0.2, -0.15) is 5.26 Å². The number of ether oxygens (including phenoxy) is 1. The maximum atomic E-state index is 8.65. The van der Waals surface area contributed by atoms with E-state index in [9.17, 15) is 0 Å². The highest BCUT2D eigenvalue weighted by Crippen LogP contribution is 2.23. The van der Waals surface area contributed by atoms with Crippen molar-refractivity contribution < 1.29 is 4.74 Å². The first-order valence-corrected chi connectivity index (χ1v) is 5.51. The van der Waals surface area contributed by atoms with Gasteiger partial charge in [0.1, 0.15) is 12.1 Å². The Labute approximate surface area is 106 Å². The molecule has 16 heavy (non-hydrogen) atoms. The fourth-order valence-corrected chi connectivity index (χ4v) is 1.50. The lowest BCUT2D eigenvalue weighted by Crippen LogP contribution is -1.91. The third-order valence-corrected chi connectivity index (χ3v) is 2.57. The minimum Gasteiger partial charge on any atom is -0.438 e. The molecule has 4 nitrogen and oxygen atoms in total. The quantitative estimate of drug-likeness (QED) is 0.798. The zero-order chi connectivity index (χ0) is 11.4. The van der Waals surface area contributed by atoms with Gasteiger partial charge < -0.3 is 4.74 Å². The van der Waals surface area contributed by atoms with E-state index in [4.69, 9.17) is 10.00 Å². The molecule has 0 aliphatic heterocycles. The second-order valence-corrected chi connectivity index (χ2v) is 4.08. The molecule has 2 aromatic rings. The van der Waals surface area contributed by atoms with Crippen molar-refractivity contribution in [1.29, 1.82) is 5.26 Å². The number of halogens is 1. The monoisotopic (exact) mass is 323 g/mol. The van der Waals surface area contributed by atoms with E-state index in [1.807, 2.05) is 6.07 Å². The number of aromatic nitrogens is 2. The van der Waals surface area contributed by atoms with E-state index >= 15 is 0 Å². The number of hydrogen-bond donors (Lipinski definition) is 0. The summed E-state index contributed by atoms with van der Waals surface area (Å²) in [5, 5.41) is 8.65. The number of benzene rings is 1. The smallest absolute Gasteiger partial charge is 0.235 e. The van der Waals surface area contributed by atoms with Crippen LogP contribution in [0.3, 0.4) is 0 Å². The SMILES string of the molecule is N#Cc1ccc(Oc2ncncc2I)cc1. The fraction of sp³-hybridized carbons (Fsp3) is 0. The number of rotatable bonds is 2. The van der Waals surface area contributed by atoms with Crippen molar-refractivity contribution in [3.8, 4) is 17.7 Å². The summed E-state index contributed by atoms with van der Waals surface area (Å²) < 4.78 is 6.38. The van der Waals surface area contributed by atoms with Gasteiger partial charge in [0.05, 0.1) is 15.2 Å². The predicted molar refractivity (Wildman–Crippen MR) is 66.0 cm³/mol. The molecule has 1 aromatic carbocycles. The largest absolute Gasteiger partial charge is 0.438 e. The Morgan fingerprint density at radius 3 is 2.62 bits per heavy atom. The molecule has 1 aromatic heterocycles. The van der Waals surface area contributed by atoms with E-state index in [1.165, 1.54) is 6.33 Å². The zero-order valence-electron chi connectivity index (χ0n) is 8.09. The van der Waals surface area contributed by atoms with Crippen LogP contribution in [0.15, 0.2) is 36.8 Å². The Hall–Kier alpha value is -1.68. The van der Waals surface area contributed by atoms with Crippen LogP contribution >= 0.6 is 22.6 Å². The molecule has 2 rings (SSSR count). The molecule has 1 heterocycles. The topological polar surface area (TPSA) is 58.8 Å². The predicted octanol–water partition coefficient (Wildman–Crippen LogP) is 2.75.